The number of anilines is 1. The van der Waals surface area contributed by atoms with E-state index in [1.54, 1.807) is 6.92 Å². The van der Waals surface area contributed by atoms with Gasteiger partial charge in [0.15, 0.2) is 5.69 Å². The molecule has 2 aliphatic rings. The van der Waals surface area contributed by atoms with E-state index in [4.69, 9.17) is 4.74 Å². The van der Waals surface area contributed by atoms with Gasteiger partial charge in [-0.3, -0.25) is 0 Å². The summed E-state index contributed by atoms with van der Waals surface area (Å²) in [7, 11) is 0. The maximum absolute atomic E-state index is 13.7. The van der Waals surface area contributed by atoms with Crippen molar-refractivity contribution in [2.75, 3.05) is 11.6 Å². The molecule has 24 heavy (non-hydrogen) atoms. The molecule has 1 aliphatic carbocycles. The fraction of sp³-hybridized carbons (Fsp3) is 0.643. The lowest BCUT2D eigenvalue weighted by Gasteiger charge is -2.38. The average Bonchev–Trinajstić information content (AvgIpc) is 3.11. The molecule has 2 heterocycles. The van der Waals surface area contributed by atoms with Gasteiger partial charge < -0.3 is 9.84 Å². The summed E-state index contributed by atoms with van der Waals surface area (Å²) in [6.07, 6.45) is -2.95. The first-order valence-electron chi connectivity index (χ1n) is 7.58. The first-order valence-corrected chi connectivity index (χ1v) is 8.46. The molecule has 3 rings (SSSR count). The van der Waals surface area contributed by atoms with Crippen molar-refractivity contribution in [3.63, 3.8) is 0 Å². The lowest BCUT2D eigenvalue weighted by atomic mass is 9.80. The van der Waals surface area contributed by atoms with Crippen LogP contribution in [0.25, 0.3) is 0 Å². The Labute approximate surface area is 139 Å². The minimum atomic E-state index is -4.91. The van der Waals surface area contributed by atoms with Crippen molar-refractivity contribution in [3.05, 3.63) is 11.1 Å². The Morgan fingerprint density at radius 2 is 2.29 bits per heavy atom. The van der Waals surface area contributed by atoms with Crippen molar-refractivity contribution in [2.24, 2.45) is 11.0 Å². The zero-order valence-corrected chi connectivity index (χ0v) is 13.7. The molecular weight excluding hydrogens is 347 g/mol. The normalized spacial score (nSPS) is 27.0. The molecule has 0 spiro atoms. The molecule has 1 N–H and O–H groups in total. The third-order valence-corrected chi connectivity index (χ3v) is 5.01. The molecule has 6 nitrogen and oxygen atoms in total. The number of nitrogens with zero attached hydrogens (tertiary/aromatic N) is 3. The fourth-order valence-electron chi connectivity index (χ4n) is 3.07. The SMILES string of the molecule is CCOC(=O)c1csc(N2N=C3CCCC[C@@H]3[C@@]2(O)C(F)(F)F)n1. The van der Waals surface area contributed by atoms with Gasteiger partial charge in [0, 0.05) is 11.1 Å². The number of aliphatic hydroxyl groups is 1. The van der Waals surface area contributed by atoms with Crippen LogP contribution in [0, 0.1) is 5.92 Å². The predicted molar refractivity (Wildman–Crippen MR) is 80.9 cm³/mol. The number of ether oxygens (including phenoxy) is 1. The van der Waals surface area contributed by atoms with Gasteiger partial charge in [-0.15, -0.1) is 11.3 Å². The van der Waals surface area contributed by atoms with Crippen LogP contribution in [0.2, 0.25) is 0 Å². The molecule has 0 aromatic carbocycles. The minimum absolute atomic E-state index is 0.101. The van der Waals surface area contributed by atoms with Gasteiger partial charge in [0.1, 0.15) is 0 Å². The molecule has 1 aromatic heterocycles. The molecule has 2 atom stereocenters. The number of carbonyl (C=O) groups is 1. The number of fused-ring (bicyclic) bond motifs is 1. The Bertz CT molecular complexity index is 676. The van der Waals surface area contributed by atoms with E-state index in [-0.39, 0.29) is 23.9 Å². The predicted octanol–water partition coefficient (Wildman–Crippen LogP) is 2.94. The summed E-state index contributed by atoms with van der Waals surface area (Å²) in [6, 6.07) is 0. The summed E-state index contributed by atoms with van der Waals surface area (Å²) in [4.78, 5) is 15.5. The van der Waals surface area contributed by atoms with Crippen LogP contribution in [0.15, 0.2) is 10.5 Å². The summed E-state index contributed by atoms with van der Waals surface area (Å²) < 4.78 is 45.8. The number of aromatic nitrogens is 1. The van der Waals surface area contributed by atoms with Gasteiger partial charge in [-0.25, -0.2) is 9.78 Å². The second-order valence-electron chi connectivity index (χ2n) is 5.66. The molecular formula is C14H16F3N3O3S. The maximum Gasteiger partial charge on any atom is 0.439 e. The summed E-state index contributed by atoms with van der Waals surface area (Å²) in [5.41, 5.74) is -2.91. The number of carbonyl (C=O) groups excluding carboxylic acids is 1. The summed E-state index contributed by atoms with van der Waals surface area (Å²) in [6.45, 7) is 1.75. The van der Waals surface area contributed by atoms with Crippen LogP contribution < -0.4 is 5.01 Å². The molecule has 1 saturated carbocycles. The van der Waals surface area contributed by atoms with Crippen LogP contribution >= 0.6 is 11.3 Å². The Hall–Kier alpha value is -1.68. The Morgan fingerprint density at radius 1 is 1.54 bits per heavy atom. The van der Waals surface area contributed by atoms with E-state index in [1.807, 2.05) is 0 Å². The summed E-state index contributed by atoms with van der Waals surface area (Å²) in [5, 5.41) is 16.2. The first kappa shape index (κ1) is 17.2. The zero-order chi connectivity index (χ0) is 17.5. The maximum atomic E-state index is 13.7. The van der Waals surface area contributed by atoms with Crippen LogP contribution in [0.1, 0.15) is 43.1 Å². The van der Waals surface area contributed by atoms with Crippen molar-refractivity contribution in [1.29, 1.82) is 0 Å². The molecule has 1 fully saturated rings. The number of rotatable bonds is 3. The lowest BCUT2D eigenvalue weighted by Crippen LogP contribution is -2.60. The second kappa shape index (κ2) is 5.99. The van der Waals surface area contributed by atoms with Crippen molar-refractivity contribution in [1.82, 2.24) is 4.98 Å². The highest BCUT2D eigenvalue weighted by molar-refractivity contribution is 7.14. The van der Waals surface area contributed by atoms with Crippen LogP contribution in [-0.2, 0) is 4.74 Å². The molecule has 0 saturated heterocycles. The van der Waals surface area contributed by atoms with Gasteiger partial charge in [-0.2, -0.15) is 23.3 Å². The summed E-state index contributed by atoms with van der Waals surface area (Å²) in [5.74, 6) is -1.83. The van der Waals surface area contributed by atoms with Crippen molar-refractivity contribution in [2.45, 2.75) is 44.5 Å². The minimum Gasteiger partial charge on any atom is -0.461 e. The topological polar surface area (TPSA) is 75.0 Å². The van der Waals surface area contributed by atoms with Gasteiger partial charge in [0.2, 0.25) is 5.13 Å². The third-order valence-electron chi connectivity index (χ3n) is 4.19. The zero-order valence-electron chi connectivity index (χ0n) is 12.8. The van der Waals surface area contributed by atoms with Gasteiger partial charge in [0.05, 0.1) is 12.5 Å². The van der Waals surface area contributed by atoms with Crippen LogP contribution in [0.5, 0.6) is 0 Å². The number of thiazole rings is 1. The Kier molecular flexibility index (Phi) is 4.28. The monoisotopic (exact) mass is 363 g/mol. The van der Waals surface area contributed by atoms with E-state index in [9.17, 15) is 23.1 Å². The smallest absolute Gasteiger partial charge is 0.439 e. The number of halogens is 3. The Morgan fingerprint density at radius 3 is 2.96 bits per heavy atom. The Balaban J connectivity index is 1.99. The van der Waals surface area contributed by atoms with E-state index < -0.39 is 23.8 Å². The number of esters is 1. The highest BCUT2D eigenvalue weighted by Gasteiger charge is 2.67. The van der Waals surface area contributed by atoms with Gasteiger partial charge in [0.25, 0.3) is 5.72 Å². The van der Waals surface area contributed by atoms with Crippen LogP contribution in [0.4, 0.5) is 18.3 Å². The molecule has 1 aliphatic heterocycles. The molecule has 1 aromatic rings. The number of hydrogen-bond donors (Lipinski definition) is 1. The number of hydrogen-bond acceptors (Lipinski definition) is 7. The van der Waals surface area contributed by atoms with Crippen molar-refractivity contribution in [3.8, 4) is 0 Å². The fourth-order valence-corrected chi connectivity index (χ4v) is 3.86. The van der Waals surface area contributed by atoms with Crippen LogP contribution in [0.3, 0.4) is 0 Å². The molecule has 0 bridgehead atoms. The molecule has 0 unspecified atom stereocenters. The van der Waals surface area contributed by atoms with E-state index in [2.05, 4.69) is 10.1 Å². The van der Waals surface area contributed by atoms with Gasteiger partial charge in [-0.05, 0) is 26.2 Å². The molecule has 0 amide bonds. The van der Waals surface area contributed by atoms with Gasteiger partial charge in [-0.1, -0.05) is 6.42 Å². The lowest BCUT2D eigenvalue weighted by molar-refractivity contribution is -0.269. The quantitative estimate of drug-likeness (QED) is 0.836. The second-order valence-corrected chi connectivity index (χ2v) is 6.50. The van der Waals surface area contributed by atoms with Crippen molar-refractivity contribution >= 4 is 28.1 Å². The van der Waals surface area contributed by atoms with E-state index in [0.29, 0.717) is 23.6 Å². The molecule has 132 valence electrons. The van der Waals surface area contributed by atoms with E-state index in [1.165, 1.54) is 5.38 Å². The number of alkyl halides is 3. The average molecular weight is 363 g/mol. The molecule has 10 heteroatoms. The highest BCUT2D eigenvalue weighted by atomic mass is 32.1. The highest BCUT2D eigenvalue weighted by Crippen LogP contribution is 2.50. The van der Waals surface area contributed by atoms with Gasteiger partial charge >= 0.3 is 12.1 Å². The van der Waals surface area contributed by atoms with Crippen LogP contribution in [-0.4, -0.2) is 40.3 Å². The first-order chi connectivity index (χ1) is 11.3. The third kappa shape index (κ3) is 2.57. The van der Waals surface area contributed by atoms with E-state index >= 15 is 0 Å². The van der Waals surface area contributed by atoms with Crippen molar-refractivity contribution < 1.29 is 27.8 Å². The number of hydrazone groups is 1. The largest absolute Gasteiger partial charge is 0.461 e. The molecule has 0 radical (unpaired) electrons. The summed E-state index contributed by atoms with van der Waals surface area (Å²) >= 11 is 0.812. The standard InChI is InChI=1S/C14H16F3N3O3S/c1-2-23-11(21)10-7-24-12(18-10)20-13(22,14(15,16)17)8-5-3-4-6-9(8)19-20/h7-8,22H,2-6H2,1H3/t8-,13+/m0/s1. The van der Waals surface area contributed by atoms with E-state index in [0.717, 1.165) is 17.8 Å².